The molecule has 0 saturated carbocycles. The fourth-order valence-electron chi connectivity index (χ4n) is 0.337. The SMILES string of the molecule is Cc1onnc1C#N. The van der Waals surface area contributed by atoms with Crippen LogP contribution in [-0.2, 0) is 0 Å². The van der Waals surface area contributed by atoms with Gasteiger partial charge in [0.05, 0.1) is 0 Å². The molecule has 1 heterocycles. The molecule has 0 atom stereocenters. The van der Waals surface area contributed by atoms with E-state index in [1.807, 2.05) is 6.07 Å². The maximum Gasteiger partial charge on any atom is 0.206 e. The van der Waals surface area contributed by atoms with Crippen LogP contribution in [0.1, 0.15) is 11.5 Å². The Hall–Kier alpha value is -1.37. The maximum atomic E-state index is 8.19. The van der Waals surface area contributed by atoms with Crippen molar-refractivity contribution in [3.8, 4) is 6.07 Å². The lowest BCUT2D eigenvalue weighted by Crippen LogP contribution is -1.74. The largest absolute Gasteiger partial charge is 0.341 e. The first-order valence-corrected chi connectivity index (χ1v) is 2.03. The molecule has 4 heteroatoms. The second-order valence-electron chi connectivity index (χ2n) is 1.29. The molecule has 0 unspecified atom stereocenters. The fourth-order valence-corrected chi connectivity index (χ4v) is 0.337. The summed E-state index contributed by atoms with van der Waals surface area (Å²) in [5, 5.41) is 14.7. The molecule has 0 fully saturated rings. The minimum atomic E-state index is 0.255. The molecule has 1 rings (SSSR count). The molecule has 1 aromatic rings. The number of hydrogen-bond donors (Lipinski definition) is 0. The van der Waals surface area contributed by atoms with Crippen LogP contribution < -0.4 is 0 Å². The predicted molar refractivity (Wildman–Crippen MR) is 23.7 cm³/mol. The Labute approximate surface area is 45.7 Å². The third-order valence-corrected chi connectivity index (χ3v) is 0.758. The average Bonchev–Trinajstić information content (AvgIpc) is 2.14. The topological polar surface area (TPSA) is 62.7 Å². The van der Waals surface area contributed by atoms with E-state index in [1.165, 1.54) is 0 Å². The third kappa shape index (κ3) is 0.540. The van der Waals surface area contributed by atoms with E-state index in [0.717, 1.165) is 0 Å². The Morgan fingerprint density at radius 3 is 2.75 bits per heavy atom. The van der Waals surface area contributed by atoms with Crippen molar-refractivity contribution in [2.45, 2.75) is 6.92 Å². The third-order valence-electron chi connectivity index (χ3n) is 0.758. The van der Waals surface area contributed by atoms with Gasteiger partial charge in [0.2, 0.25) is 5.69 Å². The lowest BCUT2D eigenvalue weighted by atomic mass is 10.4. The van der Waals surface area contributed by atoms with Gasteiger partial charge in [-0.25, -0.2) is 0 Å². The van der Waals surface area contributed by atoms with E-state index in [9.17, 15) is 0 Å². The Morgan fingerprint density at radius 2 is 2.50 bits per heavy atom. The lowest BCUT2D eigenvalue weighted by Gasteiger charge is -1.70. The van der Waals surface area contributed by atoms with Crippen LogP contribution in [0.25, 0.3) is 0 Å². The van der Waals surface area contributed by atoms with Crippen LogP contribution in [0.3, 0.4) is 0 Å². The summed E-state index contributed by atoms with van der Waals surface area (Å²) >= 11 is 0. The molecule has 40 valence electrons. The van der Waals surface area contributed by atoms with Gasteiger partial charge < -0.3 is 4.52 Å². The van der Waals surface area contributed by atoms with Crippen molar-refractivity contribution in [3.05, 3.63) is 11.5 Å². The molecule has 1 aromatic heterocycles. The summed E-state index contributed by atoms with van der Waals surface area (Å²) in [6, 6.07) is 1.81. The summed E-state index contributed by atoms with van der Waals surface area (Å²) in [6.07, 6.45) is 0. The summed E-state index contributed by atoms with van der Waals surface area (Å²) in [7, 11) is 0. The zero-order chi connectivity index (χ0) is 5.98. The van der Waals surface area contributed by atoms with Crippen LogP contribution in [0.2, 0.25) is 0 Å². The second-order valence-corrected chi connectivity index (χ2v) is 1.29. The summed E-state index contributed by atoms with van der Waals surface area (Å²) in [4.78, 5) is 0. The molecule has 0 N–H and O–H groups in total. The highest BCUT2D eigenvalue weighted by atomic mass is 16.5. The average molecular weight is 109 g/mol. The molecule has 0 radical (unpaired) electrons. The van der Waals surface area contributed by atoms with Gasteiger partial charge in [0.25, 0.3) is 0 Å². The van der Waals surface area contributed by atoms with E-state index in [0.29, 0.717) is 5.76 Å². The minimum Gasteiger partial charge on any atom is -0.341 e. The summed E-state index contributed by atoms with van der Waals surface area (Å²) in [6.45, 7) is 1.64. The highest BCUT2D eigenvalue weighted by Gasteiger charge is 1.99. The van der Waals surface area contributed by atoms with Crippen LogP contribution in [0, 0.1) is 18.3 Å². The Balaban J connectivity index is 3.15. The number of nitrogens with zero attached hydrogens (tertiary/aromatic N) is 3. The van der Waals surface area contributed by atoms with E-state index < -0.39 is 0 Å². The number of aryl methyl sites for hydroxylation is 1. The molecule has 4 nitrogen and oxygen atoms in total. The van der Waals surface area contributed by atoms with Crippen LogP contribution in [0.4, 0.5) is 0 Å². The molecule has 0 spiro atoms. The van der Waals surface area contributed by atoms with Crippen LogP contribution in [-0.4, -0.2) is 10.4 Å². The van der Waals surface area contributed by atoms with Gasteiger partial charge in [-0.2, -0.15) is 5.26 Å². The molecule has 0 aliphatic rings. The number of rotatable bonds is 0. The van der Waals surface area contributed by atoms with Crippen LogP contribution >= 0.6 is 0 Å². The van der Waals surface area contributed by atoms with Gasteiger partial charge in [-0.15, -0.1) is 0 Å². The van der Waals surface area contributed by atoms with E-state index in [4.69, 9.17) is 5.26 Å². The molecule has 8 heavy (non-hydrogen) atoms. The number of hydrogen-bond acceptors (Lipinski definition) is 4. The Kier molecular flexibility index (Phi) is 0.968. The second kappa shape index (κ2) is 1.62. The van der Waals surface area contributed by atoms with Crippen molar-refractivity contribution in [2.24, 2.45) is 0 Å². The van der Waals surface area contributed by atoms with Gasteiger partial charge in [0, 0.05) is 5.27 Å². The Morgan fingerprint density at radius 1 is 1.75 bits per heavy atom. The first-order valence-electron chi connectivity index (χ1n) is 2.03. The van der Waals surface area contributed by atoms with Crippen molar-refractivity contribution in [3.63, 3.8) is 0 Å². The summed E-state index contributed by atoms with van der Waals surface area (Å²) < 4.78 is 4.47. The van der Waals surface area contributed by atoms with E-state index in [1.54, 1.807) is 6.92 Å². The fraction of sp³-hybridized carbons (Fsp3) is 0.250. The first kappa shape index (κ1) is 4.78. The zero-order valence-corrected chi connectivity index (χ0v) is 4.25. The van der Waals surface area contributed by atoms with Crippen molar-refractivity contribution in [1.82, 2.24) is 10.4 Å². The summed E-state index contributed by atoms with van der Waals surface area (Å²) in [5.41, 5.74) is 0.255. The molecular formula is C4H3N3O. The van der Waals surface area contributed by atoms with Crippen molar-refractivity contribution < 1.29 is 4.52 Å². The molecule has 0 bridgehead atoms. The van der Waals surface area contributed by atoms with Crippen LogP contribution in [0.15, 0.2) is 4.52 Å². The van der Waals surface area contributed by atoms with Gasteiger partial charge >= 0.3 is 0 Å². The normalized spacial score (nSPS) is 8.50. The standard InChI is InChI=1S/C4H3N3O/c1-3-4(2-5)6-7-8-3/h1H3. The van der Waals surface area contributed by atoms with Gasteiger partial charge in [-0.05, 0) is 6.92 Å². The van der Waals surface area contributed by atoms with Gasteiger partial charge in [0.15, 0.2) is 5.76 Å². The number of aromatic nitrogens is 2. The highest BCUT2D eigenvalue weighted by molar-refractivity contribution is 5.19. The number of nitriles is 1. The van der Waals surface area contributed by atoms with Crippen molar-refractivity contribution in [2.75, 3.05) is 0 Å². The van der Waals surface area contributed by atoms with Gasteiger partial charge in [-0.1, -0.05) is 5.10 Å². The quantitative estimate of drug-likeness (QED) is 0.479. The molecule has 0 amide bonds. The maximum absolute atomic E-state index is 8.19. The van der Waals surface area contributed by atoms with Crippen LogP contribution in [0.5, 0.6) is 0 Å². The molecule has 0 aliphatic heterocycles. The summed E-state index contributed by atoms with van der Waals surface area (Å²) in [5.74, 6) is 0.465. The molecular weight excluding hydrogens is 106 g/mol. The molecule has 0 saturated heterocycles. The smallest absolute Gasteiger partial charge is 0.206 e. The van der Waals surface area contributed by atoms with E-state index in [-0.39, 0.29) is 5.69 Å². The Bertz CT molecular complexity index is 221. The van der Waals surface area contributed by atoms with Gasteiger partial charge in [0.1, 0.15) is 6.07 Å². The monoisotopic (exact) mass is 109 g/mol. The lowest BCUT2D eigenvalue weighted by molar-refractivity contribution is 0.374. The van der Waals surface area contributed by atoms with Gasteiger partial charge in [-0.3, -0.25) is 0 Å². The molecule has 0 aliphatic carbocycles. The predicted octanol–water partition coefficient (Wildman–Crippen LogP) is 0.250. The van der Waals surface area contributed by atoms with E-state index >= 15 is 0 Å². The minimum absolute atomic E-state index is 0.255. The highest BCUT2D eigenvalue weighted by Crippen LogP contribution is 1.97. The molecule has 0 aromatic carbocycles. The zero-order valence-electron chi connectivity index (χ0n) is 4.25. The first-order chi connectivity index (χ1) is 3.84. The van der Waals surface area contributed by atoms with E-state index in [2.05, 4.69) is 14.9 Å². The van der Waals surface area contributed by atoms with Crippen molar-refractivity contribution in [1.29, 1.82) is 5.26 Å². The van der Waals surface area contributed by atoms with Crippen molar-refractivity contribution >= 4 is 0 Å².